The topological polar surface area (TPSA) is 32.3 Å². The molecule has 0 saturated heterocycles. The van der Waals surface area contributed by atoms with E-state index in [0.717, 1.165) is 10.2 Å². The molecule has 3 rings (SSSR count). The fourth-order valence-electron chi connectivity index (χ4n) is 2.73. The lowest BCUT2D eigenvalue weighted by Gasteiger charge is -2.10. The second-order valence-electron chi connectivity index (χ2n) is 5.96. The fourth-order valence-corrected chi connectivity index (χ4v) is 2.99. The minimum absolute atomic E-state index is 0.0853. The van der Waals surface area contributed by atoms with Crippen molar-refractivity contribution >= 4 is 27.5 Å². The van der Waals surface area contributed by atoms with Gasteiger partial charge in [-0.05, 0) is 62.5 Å². The Labute approximate surface area is 139 Å². The van der Waals surface area contributed by atoms with Crippen LogP contribution >= 0.6 is 15.9 Å². The highest BCUT2D eigenvalue weighted by Gasteiger charge is 2.39. The van der Waals surface area contributed by atoms with Crippen LogP contribution in [0.2, 0.25) is 0 Å². The van der Waals surface area contributed by atoms with Crippen LogP contribution in [0.15, 0.2) is 53.0 Å². The molecular weight excluding hydrogens is 340 g/mol. The number of rotatable bonds is 4. The van der Waals surface area contributed by atoms with Gasteiger partial charge in [0.15, 0.2) is 0 Å². The third kappa shape index (κ3) is 3.39. The number of anilines is 1. The van der Waals surface area contributed by atoms with E-state index in [1.54, 1.807) is 12.1 Å². The summed E-state index contributed by atoms with van der Waals surface area (Å²) in [6.45, 7) is 0. The van der Waals surface area contributed by atoms with Crippen LogP contribution in [0.25, 0.3) is 0 Å². The molecule has 2 aromatic carbocycles. The predicted octanol–water partition coefficient (Wildman–Crippen LogP) is 4.12. The summed E-state index contributed by atoms with van der Waals surface area (Å²) in [6.07, 6.45) is 1.22. The Bertz CT molecular complexity index is 664. The number of carbonyl (C=O) groups is 1. The van der Waals surface area contributed by atoms with E-state index in [9.17, 15) is 4.79 Å². The second-order valence-corrected chi connectivity index (χ2v) is 6.87. The summed E-state index contributed by atoms with van der Waals surface area (Å²) in [5, 5.41) is 2.93. The largest absolute Gasteiger partial charge is 0.322 e. The Morgan fingerprint density at radius 1 is 1.09 bits per heavy atom. The summed E-state index contributed by atoms with van der Waals surface area (Å²) >= 11 is 3.37. The second kappa shape index (κ2) is 6.23. The first-order valence-corrected chi connectivity index (χ1v) is 8.17. The number of benzene rings is 2. The summed E-state index contributed by atoms with van der Waals surface area (Å²) < 4.78 is 0.966. The van der Waals surface area contributed by atoms with Crippen LogP contribution in [0.3, 0.4) is 0 Å². The molecule has 22 heavy (non-hydrogen) atoms. The molecule has 2 aromatic rings. The maximum Gasteiger partial charge on any atom is 0.255 e. The number of likely N-dealkylation sites (N-methyl/N-ethyl adjacent to an activating group) is 1. The highest BCUT2D eigenvalue weighted by Crippen LogP contribution is 2.43. The molecule has 1 fully saturated rings. The Morgan fingerprint density at radius 2 is 1.73 bits per heavy atom. The van der Waals surface area contributed by atoms with Crippen molar-refractivity contribution in [3.05, 3.63) is 64.1 Å². The van der Waals surface area contributed by atoms with Crippen molar-refractivity contribution in [1.82, 2.24) is 4.90 Å². The van der Waals surface area contributed by atoms with E-state index in [2.05, 4.69) is 52.4 Å². The lowest BCUT2D eigenvalue weighted by atomic mass is 10.1. The van der Waals surface area contributed by atoms with Crippen molar-refractivity contribution in [2.45, 2.75) is 18.4 Å². The van der Waals surface area contributed by atoms with Crippen LogP contribution < -0.4 is 5.32 Å². The first-order chi connectivity index (χ1) is 10.5. The van der Waals surface area contributed by atoms with Crippen LogP contribution in [0.5, 0.6) is 0 Å². The molecule has 0 heterocycles. The zero-order valence-corrected chi connectivity index (χ0v) is 14.3. The van der Waals surface area contributed by atoms with Crippen LogP contribution in [-0.4, -0.2) is 30.9 Å². The van der Waals surface area contributed by atoms with Gasteiger partial charge in [-0.25, -0.2) is 0 Å². The molecule has 1 aliphatic carbocycles. The van der Waals surface area contributed by atoms with Crippen LogP contribution in [0.1, 0.15) is 28.3 Å². The number of amides is 1. The summed E-state index contributed by atoms with van der Waals surface area (Å²) in [6, 6.07) is 16.2. The van der Waals surface area contributed by atoms with Gasteiger partial charge in [0.05, 0.1) is 0 Å². The van der Waals surface area contributed by atoms with E-state index in [1.807, 2.05) is 24.3 Å². The number of carbonyl (C=O) groups excluding carboxylic acids is 1. The quantitative estimate of drug-likeness (QED) is 0.891. The molecule has 1 aliphatic rings. The standard InChI is InChI=1S/C18H19BrN2O/c1-21(2)17-11-16(17)12-5-9-15(10-6-12)20-18(22)13-3-7-14(19)8-4-13/h3-10,16-17H,11H2,1-2H3,(H,20,22)/t16-,17+/m0/s1. The maximum absolute atomic E-state index is 12.2. The maximum atomic E-state index is 12.2. The zero-order chi connectivity index (χ0) is 15.7. The predicted molar refractivity (Wildman–Crippen MR) is 93.4 cm³/mol. The van der Waals surface area contributed by atoms with Crippen LogP contribution in [-0.2, 0) is 0 Å². The Morgan fingerprint density at radius 3 is 2.27 bits per heavy atom. The highest BCUT2D eigenvalue weighted by atomic mass is 79.9. The van der Waals surface area contributed by atoms with Gasteiger partial charge in [0.2, 0.25) is 0 Å². The van der Waals surface area contributed by atoms with Gasteiger partial charge >= 0.3 is 0 Å². The van der Waals surface area contributed by atoms with Crippen molar-refractivity contribution in [1.29, 1.82) is 0 Å². The van der Waals surface area contributed by atoms with E-state index in [-0.39, 0.29) is 5.91 Å². The monoisotopic (exact) mass is 358 g/mol. The van der Waals surface area contributed by atoms with Crippen LogP contribution in [0.4, 0.5) is 5.69 Å². The average Bonchev–Trinajstić information content (AvgIpc) is 3.29. The number of hydrogen-bond donors (Lipinski definition) is 1. The molecule has 4 heteroatoms. The Kier molecular flexibility index (Phi) is 4.32. The van der Waals surface area contributed by atoms with Crippen molar-refractivity contribution in [2.24, 2.45) is 0 Å². The van der Waals surface area contributed by atoms with Crippen LogP contribution in [0, 0.1) is 0 Å². The van der Waals surface area contributed by atoms with Gasteiger partial charge in [-0.2, -0.15) is 0 Å². The smallest absolute Gasteiger partial charge is 0.255 e. The Balaban J connectivity index is 1.64. The van der Waals surface area contributed by atoms with Gasteiger partial charge < -0.3 is 10.2 Å². The van der Waals surface area contributed by atoms with Gasteiger partial charge in [-0.3, -0.25) is 4.79 Å². The third-order valence-electron chi connectivity index (χ3n) is 4.12. The Hall–Kier alpha value is -1.65. The SMILES string of the molecule is CN(C)[C@@H]1C[C@H]1c1ccc(NC(=O)c2ccc(Br)cc2)cc1. The van der Waals surface area contributed by atoms with Gasteiger partial charge in [-0.15, -0.1) is 0 Å². The minimum Gasteiger partial charge on any atom is -0.322 e. The number of hydrogen-bond acceptors (Lipinski definition) is 2. The minimum atomic E-state index is -0.0853. The zero-order valence-electron chi connectivity index (χ0n) is 12.7. The molecule has 0 bridgehead atoms. The molecular formula is C18H19BrN2O. The molecule has 0 aliphatic heterocycles. The third-order valence-corrected chi connectivity index (χ3v) is 4.65. The van der Waals surface area contributed by atoms with Gasteiger partial charge in [0, 0.05) is 27.7 Å². The first-order valence-electron chi connectivity index (χ1n) is 7.38. The average molecular weight is 359 g/mol. The van der Waals surface area contributed by atoms with E-state index >= 15 is 0 Å². The summed E-state index contributed by atoms with van der Waals surface area (Å²) in [5.41, 5.74) is 2.83. The molecule has 114 valence electrons. The lowest BCUT2D eigenvalue weighted by molar-refractivity contribution is 0.102. The molecule has 1 amide bonds. The van der Waals surface area contributed by atoms with E-state index in [1.165, 1.54) is 12.0 Å². The molecule has 1 N–H and O–H groups in total. The van der Waals surface area contributed by atoms with Crippen molar-refractivity contribution < 1.29 is 4.79 Å². The van der Waals surface area contributed by atoms with Gasteiger partial charge in [0.25, 0.3) is 5.91 Å². The fraction of sp³-hybridized carbons (Fsp3) is 0.278. The molecule has 1 saturated carbocycles. The van der Waals surface area contributed by atoms with Gasteiger partial charge in [0.1, 0.15) is 0 Å². The highest BCUT2D eigenvalue weighted by molar-refractivity contribution is 9.10. The molecule has 0 unspecified atom stereocenters. The van der Waals surface area contributed by atoms with E-state index in [0.29, 0.717) is 17.5 Å². The van der Waals surface area contributed by atoms with Crippen molar-refractivity contribution in [3.8, 4) is 0 Å². The summed E-state index contributed by atoms with van der Waals surface area (Å²) in [4.78, 5) is 14.4. The number of nitrogens with zero attached hydrogens (tertiary/aromatic N) is 1. The molecule has 3 nitrogen and oxygen atoms in total. The van der Waals surface area contributed by atoms with Gasteiger partial charge in [-0.1, -0.05) is 28.1 Å². The number of nitrogens with one attached hydrogen (secondary N) is 1. The molecule has 0 aromatic heterocycles. The summed E-state index contributed by atoms with van der Waals surface area (Å²) in [7, 11) is 4.24. The van der Waals surface area contributed by atoms with E-state index < -0.39 is 0 Å². The summed E-state index contributed by atoms with van der Waals surface area (Å²) in [5.74, 6) is 0.545. The van der Waals surface area contributed by atoms with E-state index in [4.69, 9.17) is 0 Å². The van der Waals surface area contributed by atoms with Crippen molar-refractivity contribution in [2.75, 3.05) is 19.4 Å². The van der Waals surface area contributed by atoms with Crippen molar-refractivity contribution in [3.63, 3.8) is 0 Å². The molecule has 0 spiro atoms. The molecule has 0 radical (unpaired) electrons. The normalized spacial score (nSPS) is 20.0. The molecule has 2 atom stereocenters. The first kappa shape index (κ1) is 15.3. The lowest BCUT2D eigenvalue weighted by Crippen LogP contribution is -2.15. The number of halogens is 1.